The fraction of sp³-hybridized carbons (Fsp3) is 0.520. The number of hydrogen-bond acceptors (Lipinski definition) is 5. The Bertz CT molecular complexity index is 891. The Morgan fingerprint density at radius 1 is 1.20 bits per heavy atom. The number of ether oxygens (including phenoxy) is 1. The number of nitrogens with one attached hydrogen (secondary N) is 1. The number of anilines is 1. The van der Waals surface area contributed by atoms with Crippen molar-refractivity contribution in [2.45, 2.75) is 59.3 Å². The zero-order valence-corrected chi connectivity index (χ0v) is 19.1. The minimum Gasteiger partial charge on any atom is -0.462 e. The molecular weight excluding hydrogens is 376 g/mol. The van der Waals surface area contributed by atoms with Gasteiger partial charge in [-0.25, -0.2) is 4.79 Å². The highest BCUT2D eigenvalue weighted by Gasteiger charge is 2.43. The molecule has 0 amide bonds. The number of Topliss-reactive ketones (excluding diaryl/α,β-unsaturated/α-hetero) is 1. The van der Waals surface area contributed by atoms with Crippen LogP contribution in [0, 0.1) is 5.41 Å². The molecule has 0 aromatic heterocycles. The molecule has 0 fully saturated rings. The molecule has 0 saturated carbocycles. The van der Waals surface area contributed by atoms with E-state index in [2.05, 4.69) is 26.1 Å². The second kappa shape index (κ2) is 8.66. The predicted octanol–water partition coefficient (Wildman–Crippen LogP) is 4.70. The summed E-state index contributed by atoms with van der Waals surface area (Å²) >= 11 is 0. The summed E-state index contributed by atoms with van der Waals surface area (Å²) in [6.07, 6.45) is 3.06. The summed E-state index contributed by atoms with van der Waals surface area (Å²) in [4.78, 5) is 28.4. The summed E-state index contributed by atoms with van der Waals surface area (Å²) in [5, 5.41) is 3.38. The van der Waals surface area contributed by atoms with E-state index in [9.17, 15) is 9.59 Å². The molecule has 1 N–H and O–H groups in total. The number of esters is 1. The molecule has 162 valence electrons. The molecule has 30 heavy (non-hydrogen) atoms. The van der Waals surface area contributed by atoms with Crippen molar-refractivity contribution in [3.05, 3.63) is 52.4 Å². The van der Waals surface area contributed by atoms with Crippen molar-refractivity contribution >= 4 is 17.4 Å². The smallest absolute Gasteiger partial charge is 0.336 e. The molecule has 0 saturated heterocycles. The molecule has 1 aromatic carbocycles. The molecule has 1 aliphatic carbocycles. The molecule has 1 aromatic rings. The van der Waals surface area contributed by atoms with E-state index in [-0.39, 0.29) is 17.2 Å². The standard InChI is InChI=1S/C25H34N2O3/c1-7-8-13-30-24(29)21-16(2)26-19-14-25(3,4)15-20(28)23(19)22(21)17-9-11-18(12-10-17)27(5)6/h9-12,22,26H,7-8,13-15H2,1-6H3/t22-/m1/s1. The summed E-state index contributed by atoms with van der Waals surface area (Å²) in [6, 6.07) is 8.11. The molecule has 0 bridgehead atoms. The summed E-state index contributed by atoms with van der Waals surface area (Å²) in [6.45, 7) is 8.60. The van der Waals surface area contributed by atoms with Gasteiger partial charge in [0.25, 0.3) is 0 Å². The third-order valence-corrected chi connectivity index (χ3v) is 5.93. The highest BCUT2D eigenvalue weighted by molar-refractivity contribution is 6.04. The molecule has 3 rings (SSSR count). The highest BCUT2D eigenvalue weighted by atomic mass is 16.5. The van der Waals surface area contributed by atoms with Gasteiger partial charge in [-0.05, 0) is 42.9 Å². The summed E-state index contributed by atoms with van der Waals surface area (Å²) in [5.74, 6) is -0.615. The van der Waals surface area contributed by atoms with Crippen LogP contribution in [0.1, 0.15) is 64.9 Å². The Morgan fingerprint density at radius 3 is 2.47 bits per heavy atom. The van der Waals surface area contributed by atoms with E-state index >= 15 is 0 Å². The van der Waals surface area contributed by atoms with Gasteiger partial charge in [-0.1, -0.05) is 39.3 Å². The Morgan fingerprint density at radius 2 is 1.87 bits per heavy atom. The molecule has 0 radical (unpaired) electrons. The molecule has 1 heterocycles. The molecular formula is C25H34N2O3. The number of allylic oxidation sites excluding steroid dienone is 3. The second-order valence-corrected chi connectivity index (χ2v) is 9.41. The number of unbranched alkanes of at least 4 members (excludes halogenated alkanes) is 1. The quantitative estimate of drug-likeness (QED) is 0.544. The lowest BCUT2D eigenvalue weighted by Crippen LogP contribution is -2.38. The molecule has 0 unspecified atom stereocenters. The topological polar surface area (TPSA) is 58.6 Å². The number of carbonyl (C=O) groups is 2. The van der Waals surface area contributed by atoms with Crippen molar-refractivity contribution in [3.8, 4) is 0 Å². The molecule has 5 nitrogen and oxygen atoms in total. The van der Waals surface area contributed by atoms with E-state index in [1.165, 1.54) is 0 Å². The second-order valence-electron chi connectivity index (χ2n) is 9.41. The first-order valence-corrected chi connectivity index (χ1v) is 10.8. The Balaban J connectivity index is 2.07. The van der Waals surface area contributed by atoms with E-state index in [4.69, 9.17) is 4.74 Å². The molecule has 1 aliphatic heterocycles. The number of nitrogens with zero attached hydrogens (tertiary/aromatic N) is 1. The van der Waals surface area contributed by atoms with Crippen molar-refractivity contribution in [2.75, 3.05) is 25.6 Å². The fourth-order valence-electron chi connectivity index (χ4n) is 4.39. The number of ketones is 1. The predicted molar refractivity (Wildman–Crippen MR) is 120 cm³/mol. The highest BCUT2D eigenvalue weighted by Crippen LogP contribution is 2.46. The maximum Gasteiger partial charge on any atom is 0.336 e. The monoisotopic (exact) mass is 410 g/mol. The van der Waals surface area contributed by atoms with Gasteiger partial charge in [0.2, 0.25) is 0 Å². The lowest BCUT2D eigenvalue weighted by Gasteiger charge is -2.39. The van der Waals surface area contributed by atoms with Crippen molar-refractivity contribution in [2.24, 2.45) is 5.41 Å². The van der Waals surface area contributed by atoms with Gasteiger partial charge in [-0.15, -0.1) is 0 Å². The average molecular weight is 411 g/mol. The lowest BCUT2D eigenvalue weighted by molar-refractivity contribution is -0.139. The van der Waals surface area contributed by atoms with Gasteiger partial charge in [0.1, 0.15) is 0 Å². The van der Waals surface area contributed by atoms with E-state index in [0.29, 0.717) is 18.6 Å². The number of hydrogen-bond donors (Lipinski definition) is 1. The van der Waals surface area contributed by atoms with Crippen LogP contribution in [-0.2, 0) is 14.3 Å². The molecule has 2 aliphatic rings. The first-order valence-electron chi connectivity index (χ1n) is 10.8. The number of carbonyl (C=O) groups excluding carboxylic acids is 2. The third-order valence-electron chi connectivity index (χ3n) is 5.93. The normalized spacial score (nSPS) is 20.6. The van der Waals surface area contributed by atoms with E-state index in [1.807, 2.05) is 50.2 Å². The van der Waals surface area contributed by atoms with Crippen LogP contribution in [0.25, 0.3) is 0 Å². The van der Waals surface area contributed by atoms with Crippen LogP contribution in [0.5, 0.6) is 0 Å². The van der Waals surface area contributed by atoms with E-state index in [0.717, 1.165) is 47.5 Å². The van der Waals surface area contributed by atoms with Crippen LogP contribution in [0.2, 0.25) is 0 Å². The van der Waals surface area contributed by atoms with Crippen LogP contribution in [0.4, 0.5) is 5.69 Å². The Labute approximate surface area is 180 Å². The molecule has 1 atom stereocenters. The summed E-state index contributed by atoms with van der Waals surface area (Å²) < 4.78 is 5.58. The van der Waals surface area contributed by atoms with Gasteiger partial charge < -0.3 is 15.0 Å². The zero-order chi connectivity index (χ0) is 22.1. The van der Waals surface area contributed by atoms with Gasteiger partial charge in [-0.3, -0.25) is 4.79 Å². The van der Waals surface area contributed by atoms with Gasteiger partial charge in [0.15, 0.2) is 5.78 Å². The fourth-order valence-corrected chi connectivity index (χ4v) is 4.39. The first kappa shape index (κ1) is 22.1. The van der Waals surface area contributed by atoms with Gasteiger partial charge in [-0.2, -0.15) is 0 Å². The van der Waals surface area contributed by atoms with Crippen molar-refractivity contribution in [1.29, 1.82) is 0 Å². The third kappa shape index (κ3) is 4.45. The number of dihydropyridines is 1. The van der Waals surface area contributed by atoms with Crippen molar-refractivity contribution < 1.29 is 14.3 Å². The summed E-state index contributed by atoms with van der Waals surface area (Å²) in [7, 11) is 3.99. The van der Waals surface area contributed by atoms with Gasteiger partial charge in [0, 0.05) is 49.1 Å². The van der Waals surface area contributed by atoms with Crippen LogP contribution in [-0.4, -0.2) is 32.5 Å². The maximum atomic E-state index is 13.3. The maximum absolute atomic E-state index is 13.3. The summed E-state index contributed by atoms with van der Waals surface area (Å²) in [5.41, 5.74) is 4.93. The van der Waals surface area contributed by atoms with Crippen LogP contribution in [0.15, 0.2) is 46.8 Å². The zero-order valence-electron chi connectivity index (χ0n) is 19.1. The van der Waals surface area contributed by atoms with Crippen molar-refractivity contribution in [1.82, 2.24) is 5.32 Å². The van der Waals surface area contributed by atoms with E-state index in [1.54, 1.807) is 0 Å². The largest absolute Gasteiger partial charge is 0.462 e. The average Bonchev–Trinajstić information content (AvgIpc) is 2.66. The SMILES string of the molecule is CCCCOC(=O)C1=C(C)NC2=C(C(=O)CC(C)(C)C2)[C@@H]1c1ccc(N(C)C)cc1. The van der Waals surface area contributed by atoms with E-state index < -0.39 is 5.92 Å². The minimum absolute atomic E-state index is 0.0956. The molecule has 5 heteroatoms. The van der Waals surface area contributed by atoms with Gasteiger partial charge >= 0.3 is 5.97 Å². The first-order chi connectivity index (χ1) is 14.1. The van der Waals surface area contributed by atoms with Crippen molar-refractivity contribution in [3.63, 3.8) is 0 Å². The van der Waals surface area contributed by atoms with Crippen LogP contribution < -0.4 is 10.2 Å². The number of benzene rings is 1. The Hall–Kier alpha value is -2.56. The minimum atomic E-state index is -0.393. The van der Waals surface area contributed by atoms with Gasteiger partial charge in [0.05, 0.1) is 12.2 Å². The van der Waals surface area contributed by atoms with Crippen LogP contribution >= 0.6 is 0 Å². The number of rotatable bonds is 6. The lowest BCUT2D eigenvalue weighted by atomic mass is 9.68. The Kier molecular flexibility index (Phi) is 6.39. The van der Waals surface area contributed by atoms with Crippen LogP contribution in [0.3, 0.4) is 0 Å². The molecule has 0 spiro atoms.